The monoisotopic (exact) mass is 288 g/mol. The Labute approximate surface area is 122 Å². The smallest absolute Gasteiger partial charge is 0.234 e. The minimum Gasteiger partial charge on any atom is -0.392 e. The molecular formula is C14H16N4OS. The summed E-state index contributed by atoms with van der Waals surface area (Å²) < 4.78 is 0. The summed E-state index contributed by atoms with van der Waals surface area (Å²) in [5.41, 5.74) is 6.49. The highest BCUT2D eigenvalue weighted by Crippen LogP contribution is 2.16. The molecule has 0 spiro atoms. The topological polar surface area (TPSA) is 83.8 Å². The van der Waals surface area contributed by atoms with Gasteiger partial charge in [-0.05, 0) is 5.56 Å². The molecule has 1 amide bonds. The first-order valence-electron chi connectivity index (χ1n) is 6.28. The number of H-pyrrole nitrogens is 1. The van der Waals surface area contributed by atoms with Gasteiger partial charge in [-0.3, -0.25) is 4.79 Å². The zero-order valence-corrected chi connectivity index (χ0v) is 11.7. The Kier molecular flexibility index (Phi) is 4.84. The number of amides is 1. The Morgan fingerprint density at radius 3 is 2.75 bits per heavy atom. The number of nitrogens with zero attached hydrogens (tertiary/aromatic N) is 1. The molecule has 2 aromatic rings. The summed E-state index contributed by atoms with van der Waals surface area (Å²) >= 11 is 5.00. The Balaban J connectivity index is 1.96. The molecule has 1 aromatic carbocycles. The molecule has 0 saturated heterocycles. The predicted molar refractivity (Wildman–Crippen MR) is 81.3 cm³/mol. The van der Waals surface area contributed by atoms with Crippen LogP contribution in [0.5, 0.6) is 0 Å². The molecule has 0 aliphatic rings. The molecule has 0 fully saturated rings. The number of carbonyl (C=O) groups is 1. The second-order valence-corrected chi connectivity index (χ2v) is 4.79. The minimum absolute atomic E-state index is 0.173. The fourth-order valence-corrected chi connectivity index (χ4v) is 2.17. The van der Waals surface area contributed by atoms with Gasteiger partial charge in [0.1, 0.15) is 11.7 Å². The van der Waals surface area contributed by atoms with Crippen LogP contribution in [0.1, 0.15) is 17.3 Å². The maximum absolute atomic E-state index is 12.2. The zero-order valence-electron chi connectivity index (χ0n) is 10.9. The summed E-state index contributed by atoms with van der Waals surface area (Å²) in [6, 6.07) is 9.29. The predicted octanol–water partition coefficient (Wildman–Crippen LogP) is 1.14. The number of carbonyl (C=O) groups excluding carboxylic acids is 1. The van der Waals surface area contributed by atoms with Crippen molar-refractivity contribution in [3.8, 4) is 0 Å². The maximum Gasteiger partial charge on any atom is 0.234 e. The van der Waals surface area contributed by atoms with Crippen LogP contribution in [0.3, 0.4) is 0 Å². The Morgan fingerprint density at radius 1 is 1.40 bits per heavy atom. The number of aromatic amines is 1. The van der Waals surface area contributed by atoms with E-state index in [0.29, 0.717) is 13.0 Å². The number of imidazole rings is 1. The molecule has 0 aliphatic carbocycles. The molecule has 1 unspecified atom stereocenters. The van der Waals surface area contributed by atoms with Crippen molar-refractivity contribution < 1.29 is 4.79 Å². The third-order valence-electron chi connectivity index (χ3n) is 2.90. The second-order valence-electron chi connectivity index (χ2n) is 4.32. The van der Waals surface area contributed by atoms with Gasteiger partial charge in [0.05, 0.1) is 4.99 Å². The van der Waals surface area contributed by atoms with E-state index in [9.17, 15) is 4.79 Å². The van der Waals surface area contributed by atoms with Gasteiger partial charge in [0.2, 0.25) is 5.91 Å². The molecular weight excluding hydrogens is 272 g/mol. The van der Waals surface area contributed by atoms with Crippen LogP contribution < -0.4 is 11.1 Å². The molecule has 6 heteroatoms. The van der Waals surface area contributed by atoms with Crippen molar-refractivity contribution in [2.24, 2.45) is 5.73 Å². The number of nitrogens with two attached hydrogens (primary N) is 1. The molecule has 0 saturated carbocycles. The number of rotatable bonds is 6. The summed E-state index contributed by atoms with van der Waals surface area (Å²) in [6.45, 7) is 0.484. The molecule has 20 heavy (non-hydrogen) atoms. The number of hydrogen-bond acceptors (Lipinski definition) is 3. The van der Waals surface area contributed by atoms with E-state index in [1.807, 2.05) is 30.3 Å². The highest BCUT2D eigenvalue weighted by molar-refractivity contribution is 7.80. The van der Waals surface area contributed by atoms with Crippen molar-refractivity contribution in [2.75, 3.05) is 6.54 Å². The van der Waals surface area contributed by atoms with E-state index < -0.39 is 5.92 Å². The molecule has 104 valence electrons. The van der Waals surface area contributed by atoms with E-state index in [-0.39, 0.29) is 10.9 Å². The van der Waals surface area contributed by atoms with Crippen LogP contribution in [-0.2, 0) is 11.2 Å². The first-order chi connectivity index (χ1) is 9.68. The average molecular weight is 288 g/mol. The number of aromatic nitrogens is 2. The molecule has 1 atom stereocenters. The van der Waals surface area contributed by atoms with Crippen LogP contribution in [0.15, 0.2) is 42.7 Å². The van der Waals surface area contributed by atoms with Gasteiger partial charge in [-0.25, -0.2) is 4.98 Å². The standard InChI is InChI=1S/C14H16N4OS/c15-13(20)12(10-4-2-1-3-5-10)14(19)18-7-6-11-16-8-9-17-11/h1-5,8-9,12H,6-7H2,(H2,15,20)(H,16,17)(H,18,19). The average Bonchev–Trinajstić information content (AvgIpc) is 2.93. The molecule has 0 bridgehead atoms. The van der Waals surface area contributed by atoms with E-state index in [4.69, 9.17) is 18.0 Å². The highest BCUT2D eigenvalue weighted by atomic mass is 32.1. The number of hydrogen-bond donors (Lipinski definition) is 3. The molecule has 0 radical (unpaired) electrons. The zero-order chi connectivity index (χ0) is 14.4. The van der Waals surface area contributed by atoms with Crippen molar-refractivity contribution in [3.05, 3.63) is 54.1 Å². The van der Waals surface area contributed by atoms with Crippen LogP contribution >= 0.6 is 12.2 Å². The van der Waals surface area contributed by atoms with Crippen molar-refractivity contribution in [2.45, 2.75) is 12.3 Å². The minimum atomic E-state index is -0.595. The van der Waals surface area contributed by atoms with Crippen LogP contribution in [0, 0.1) is 0 Å². The first kappa shape index (κ1) is 14.2. The van der Waals surface area contributed by atoms with Gasteiger partial charge < -0.3 is 16.0 Å². The lowest BCUT2D eigenvalue weighted by Gasteiger charge is -2.15. The van der Waals surface area contributed by atoms with Gasteiger partial charge >= 0.3 is 0 Å². The first-order valence-corrected chi connectivity index (χ1v) is 6.69. The second kappa shape index (κ2) is 6.81. The Bertz CT molecular complexity index is 568. The summed E-state index contributed by atoms with van der Waals surface area (Å²) in [5.74, 6) is 0.0509. The lowest BCUT2D eigenvalue weighted by atomic mass is 9.98. The van der Waals surface area contributed by atoms with Crippen molar-refractivity contribution in [3.63, 3.8) is 0 Å². The maximum atomic E-state index is 12.2. The van der Waals surface area contributed by atoms with Crippen LogP contribution in [-0.4, -0.2) is 27.4 Å². The number of thiocarbonyl (C=S) groups is 1. The van der Waals surface area contributed by atoms with Gasteiger partial charge in [-0.1, -0.05) is 42.5 Å². The van der Waals surface area contributed by atoms with Gasteiger partial charge in [0.25, 0.3) is 0 Å². The quantitative estimate of drug-likeness (QED) is 0.696. The summed E-state index contributed by atoms with van der Waals surface area (Å²) in [5, 5.41) is 2.83. The Hall–Kier alpha value is -2.21. The lowest BCUT2D eigenvalue weighted by molar-refractivity contribution is -0.121. The van der Waals surface area contributed by atoms with E-state index in [0.717, 1.165) is 11.4 Å². The molecule has 0 aliphatic heterocycles. The van der Waals surface area contributed by atoms with E-state index >= 15 is 0 Å². The van der Waals surface area contributed by atoms with Crippen molar-refractivity contribution in [1.82, 2.24) is 15.3 Å². The summed E-state index contributed by atoms with van der Waals surface area (Å²) in [4.78, 5) is 19.5. The van der Waals surface area contributed by atoms with E-state index in [2.05, 4.69) is 15.3 Å². The number of benzene rings is 1. The molecule has 2 rings (SSSR count). The molecule has 1 heterocycles. The third kappa shape index (κ3) is 3.64. The Morgan fingerprint density at radius 2 is 2.15 bits per heavy atom. The number of nitrogens with one attached hydrogen (secondary N) is 2. The lowest BCUT2D eigenvalue weighted by Crippen LogP contribution is -2.37. The van der Waals surface area contributed by atoms with E-state index in [1.165, 1.54) is 0 Å². The molecule has 4 N–H and O–H groups in total. The SMILES string of the molecule is NC(=S)C(C(=O)NCCc1ncc[nH]1)c1ccccc1. The largest absolute Gasteiger partial charge is 0.392 e. The fraction of sp³-hybridized carbons (Fsp3) is 0.214. The van der Waals surface area contributed by atoms with Crippen LogP contribution in [0.25, 0.3) is 0 Å². The van der Waals surface area contributed by atoms with E-state index in [1.54, 1.807) is 12.4 Å². The van der Waals surface area contributed by atoms with Gasteiger partial charge in [0.15, 0.2) is 0 Å². The van der Waals surface area contributed by atoms with Crippen molar-refractivity contribution >= 4 is 23.1 Å². The third-order valence-corrected chi connectivity index (χ3v) is 3.13. The molecule has 5 nitrogen and oxygen atoms in total. The molecule has 1 aromatic heterocycles. The summed E-state index contributed by atoms with van der Waals surface area (Å²) in [7, 11) is 0. The van der Waals surface area contributed by atoms with Gasteiger partial charge in [0, 0.05) is 25.4 Å². The highest BCUT2D eigenvalue weighted by Gasteiger charge is 2.22. The summed E-state index contributed by atoms with van der Waals surface area (Å²) in [6.07, 6.45) is 4.06. The van der Waals surface area contributed by atoms with Crippen molar-refractivity contribution in [1.29, 1.82) is 0 Å². The normalized spacial score (nSPS) is 11.8. The van der Waals surface area contributed by atoms with Gasteiger partial charge in [-0.15, -0.1) is 0 Å². The van der Waals surface area contributed by atoms with Crippen LogP contribution in [0.4, 0.5) is 0 Å². The fourth-order valence-electron chi connectivity index (χ4n) is 1.93. The van der Waals surface area contributed by atoms with Gasteiger partial charge in [-0.2, -0.15) is 0 Å². The van der Waals surface area contributed by atoms with Crippen LogP contribution in [0.2, 0.25) is 0 Å².